The Labute approximate surface area is 109 Å². The van der Waals surface area contributed by atoms with Gasteiger partial charge in [-0.2, -0.15) is 0 Å². The van der Waals surface area contributed by atoms with Crippen molar-refractivity contribution in [3.8, 4) is 5.75 Å². The fourth-order valence-corrected chi connectivity index (χ4v) is 2.62. The zero-order valence-electron chi connectivity index (χ0n) is 11.1. The number of nitrogens with zero attached hydrogens (tertiary/aromatic N) is 2. The molecule has 0 spiro atoms. The molecule has 4 heteroatoms. The van der Waals surface area contributed by atoms with Crippen molar-refractivity contribution in [1.29, 1.82) is 0 Å². The van der Waals surface area contributed by atoms with Gasteiger partial charge in [0.2, 0.25) is 0 Å². The Kier molecular flexibility index (Phi) is 4.81. The van der Waals surface area contributed by atoms with E-state index in [1.807, 2.05) is 25.3 Å². The predicted octanol–water partition coefficient (Wildman–Crippen LogP) is 2.05. The second-order valence-corrected chi connectivity index (χ2v) is 4.79. The Bertz CT molecular complexity index is 368. The molecular formula is C14H23N3O. The van der Waals surface area contributed by atoms with Crippen molar-refractivity contribution in [2.75, 3.05) is 31.1 Å². The van der Waals surface area contributed by atoms with Crippen molar-refractivity contribution in [3.63, 3.8) is 0 Å². The number of piperidine rings is 1. The molecule has 4 nitrogen and oxygen atoms in total. The fourth-order valence-electron chi connectivity index (χ4n) is 2.62. The van der Waals surface area contributed by atoms with Gasteiger partial charge in [0, 0.05) is 19.3 Å². The fraction of sp³-hybridized carbons (Fsp3) is 0.643. The monoisotopic (exact) mass is 249 g/mol. The molecule has 0 amide bonds. The molecule has 2 heterocycles. The molecule has 1 saturated heterocycles. The van der Waals surface area contributed by atoms with Gasteiger partial charge in [-0.25, -0.2) is 4.98 Å². The number of aromatic nitrogens is 1. The molecule has 1 aliphatic heterocycles. The van der Waals surface area contributed by atoms with E-state index < -0.39 is 0 Å². The van der Waals surface area contributed by atoms with Crippen LogP contribution in [0.4, 0.5) is 5.82 Å². The van der Waals surface area contributed by atoms with E-state index in [2.05, 4.69) is 9.88 Å². The van der Waals surface area contributed by atoms with Crippen LogP contribution in [0.3, 0.4) is 0 Å². The summed E-state index contributed by atoms with van der Waals surface area (Å²) in [5.41, 5.74) is 5.66. The van der Waals surface area contributed by atoms with Crippen molar-refractivity contribution in [2.24, 2.45) is 11.7 Å². The quantitative estimate of drug-likeness (QED) is 0.867. The summed E-state index contributed by atoms with van der Waals surface area (Å²) in [4.78, 5) is 6.83. The first-order valence-electron chi connectivity index (χ1n) is 6.88. The summed E-state index contributed by atoms with van der Waals surface area (Å²) in [5.74, 6) is 2.58. The minimum atomic E-state index is 0.679. The van der Waals surface area contributed by atoms with Crippen LogP contribution in [0.15, 0.2) is 18.3 Å². The number of anilines is 1. The average molecular weight is 249 g/mol. The van der Waals surface area contributed by atoms with Gasteiger partial charge in [-0.3, -0.25) is 0 Å². The van der Waals surface area contributed by atoms with Crippen LogP contribution in [0.2, 0.25) is 0 Å². The first-order chi connectivity index (χ1) is 8.85. The topological polar surface area (TPSA) is 51.4 Å². The van der Waals surface area contributed by atoms with E-state index in [1.165, 1.54) is 12.8 Å². The van der Waals surface area contributed by atoms with E-state index in [1.54, 1.807) is 0 Å². The molecule has 0 saturated carbocycles. The number of rotatable bonds is 5. The largest absolute Gasteiger partial charge is 0.490 e. The van der Waals surface area contributed by atoms with Gasteiger partial charge in [0.25, 0.3) is 0 Å². The normalized spacial score (nSPS) is 19.9. The molecule has 1 atom stereocenters. The molecule has 0 aliphatic carbocycles. The predicted molar refractivity (Wildman–Crippen MR) is 74.0 cm³/mol. The Morgan fingerprint density at radius 1 is 1.56 bits per heavy atom. The van der Waals surface area contributed by atoms with Crippen LogP contribution in [0.1, 0.15) is 26.2 Å². The highest BCUT2D eigenvalue weighted by atomic mass is 16.5. The first-order valence-corrected chi connectivity index (χ1v) is 6.88. The van der Waals surface area contributed by atoms with Gasteiger partial charge in [0.05, 0.1) is 6.61 Å². The van der Waals surface area contributed by atoms with Crippen LogP contribution in [-0.4, -0.2) is 31.2 Å². The number of nitrogens with two attached hydrogens (primary N) is 1. The number of pyridine rings is 1. The van der Waals surface area contributed by atoms with E-state index in [0.29, 0.717) is 12.5 Å². The van der Waals surface area contributed by atoms with E-state index in [-0.39, 0.29) is 0 Å². The Morgan fingerprint density at radius 3 is 3.22 bits per heavy atom. The van der Waals surface area contributed by atoms with Gasteiger partial charge < -0.3 is 15.4 Å². The van der Waals surface area contributed by atoms with Crippen molar-refractivity contribution in [2.45, 2.75) is 26.2 Å². The third-order valence-corrected chi connectivity index (χ3v) is 3.44. The highest BCUT2D eigenvalue weighted by Gasteiger charge is 2.22. The summed E-state index contributed by atoms with van der Waals surface area (Å²) in [6.07, 6.45) is 5.44. The summed E-state index contributed by atoms with van der Waals surface area (Å²) >= 11 is 0. The molecule has 0 aromatic carbocycles. The van der Waals surface area contributed by atoms with Crippen molar-refractivity contribution in [3.05, 3.63) is 18.3 Å². The molecule has 0 radical (unpaired) electrons. The third kappa shape index (κ3) is 3.13. The Morgan fingerprint density at radius 2 is 2.44 bits per heavy atom. The van der Waals surface area contributed by atoms with Gasteiger partial charge >= 0.3 is 0 Å². The number of hydrogen-bond donors (Lipinski definition) is 1. The third-order valence-electron chi connectivity index (χ3n) is 3.44. The maximum atomic E-state index is 5.66. The van der Waals surface area contributed by atoms with E-state index >= 15 is 0 Å². The Hall–Kier alpha value is -1.29. The molecule has 100 valence electrons. The molecule has 0 bridgehead atoms. The van der Waals surface area contributed by atoms with Crippen LogP contribution in [0.5, 0.6) is 5.75 Å². The number of ether oxygens (including phenoxy) is 1. The second-order valence-electron chi connectivity index (χ2n) is 4.79. The SMILES string of the molecule is CCOc1cccnc1N1CCCC(CCN)C1. The highest BCUT2D eigenvalue weighted by Crippen LogP contribution is 2.30. The molecular weight excluding hydrogens is 226 g/mol. The van der Waals surface area contributed by atoms with Gasteiger partial charge in [-0.05, 0) is 50.8 Å². The van der Waals surface area contributed by atoms with Crippen LogP contribution in [0.25, 0.3) is 0 Å². The molecule has 1 aliphatic rings. The zero-order valence-corrected chi connectivity index (χ0v) is 11.1. The molecule has 1 unspecified atom stereocenters. The number of hydrogen-bond acceptors (Lipinski definition) is 4. The van der Waals surface area contributed by atoms with E-state index in [0.717, 1.165) is 37.6 Å². The lowest BCUT2D eigenvalue weighted by Gasteiger charge is -2.34. The van der Waals surface area contributed by atoms with Crippen molar-refractivity contribution < 1.29 is 4.74 Å². The van der Waals surface area contributed by atoms with Gasteiger partial charge in [0.1, 0.15) is 0 Å². The van der Waals surface area contributed by atoms with E-state index in [9.17, 15) is 0 Å². The zero-order chi connectivity index (χ0) is 12.8. The summed E-state index contributed by atoms with van der Waals surface area (Å²) in [6, 6.07) is 3.92. The summed E-state index contributed by atoms with van der Waals surface area (Å²) in [6.45, 7) is 5.58. The molecule has 1 fully saturated rings. The highest BCUT2D eigenvalue weighted by molar-refractivity contribution is 5.52. The lowest BCUT2D eigenvalue weighted by atomic mass is 9.95. The maximum Gasteiger partial charge on any atom is 0.171 e. The molecule has 1 aromatic rings. The van der Waals surface area contributed by atoms with Crippen LogP contribution < -0.4 is 15.4 Å². The lowest BCUT2D eigenvalue weighted by molar-refractivity contribution is 0.334. The maximum absolute atomic E-state index is 5.66. The molecule has 2 N–H and O–H groups in total. The molecule has 2 rings (SSSR count). The van der Waals surface area contributed by atoms with Crippen molar-refractivity contribution in [1.82, 2.24) is 4.98 Å². The summed E-state index contributed by atoms with van der Waals surface area (Å²) in [7, 11) is 0. The standard InChI is InChI=1S/C14H23N3O/c1-2-18-13-6-3-9-16-14(13)17-10-4-5-12(11-17)7-8-15/h3,6,9,12H,2,4-5,7-8,10-11,15H2,1H3. The second kappa shape index (κ2) is 6.59. The van der Waals surface area contributed by atoms with Gasteiger partial charge in [-0.1, -0.05) is 0 Å². The van der Waals surface area contributed by atoms with Gasteiger partial charge in [0.15, 0.2) is 11.6 Å². The minimum Gasteiger partial charge on any atom is -0.490 e. The minimum absolute atomic E-state index is 0.679. The van der Waals surface area contributed by atoms with Crippen molar-refractivity contribution >= 4 is 5.82 Å². The summed E-state index contributed by atoms with van der Waals surface area (Å²) in [5, 5.41) is 0. The first kappa shape index (κ1) is 13.1. The van der Waals surface area contributed by atoms with Crippen LogP contribution in [0, 0.1) is 5.92 Å². The van der Waals surface area contributed by atoms with Crippen LogP contribution in [-0.2, 0) is 0 Å². The van der Waals surface area contributed by atoms with Gasteiger partial charge in [-0.15, -0.1) is 0 Å². The Balaban J connectivity index is 2.10. The molecule has 1 aromatic heterocycles. The average Bonchev–Trinajstić information content (AvgIpc) is 2.40. The summed E-state index contributed by atoms with van der Waals surface area (Å²) < 4.78 is 5.66. The van der Waals surface area contributed by atoms with Crippen LogP contribution >= 0.6 is 0 Å². The molecule has 18 heavy (non-hydrogen) atoms. The lowest BCUT2D eigenvalue weighted by Crippen LogP contribution is -2.37. The smallest absolute Gasteiger partial charge is 0.171 e. The van der Waals surface area contributed by atoms with E-state index in [4.69, 9.17) is 10.5 Å².